The first-order chi connectivity index (χ1) is 10.0. The van der Waals surface area contributed by atoms with E-state index in [1.807, 2.05) is 19.1 Å². The van der Waals surface area contributed by atoms with Crippen molar-refractivity contribution in [3.63, 3.8) is 0 Å². The molecular formula is C15H24N2O4. The van der Waals surface area contributed by atoms with Crippen LogP contribution >= 0.6 is 0 Å². The lowest BCUT2D eigenvalue weighted by Crippen LogP contribution is -2.29. The Hall–Kier alpha value is -1.95. The quantitative estimate of drug-likeness (QED) is 0.759. The summed E-state index contributed by atoms with van der Waals surface area (Å²) in [7, 11) is 3.13. The van der Waals surface area contributed by atoms with Gasteiger partial charge in [-0.1, -0.05) is 0 Å². The average Bonchev–Trinajstić information content (AvgIpc) is 2.45. The van der Waals surface area contributed by atoms with E-state index in [0.29, 0.717) is 36.8 Å². The average molecular weight is 296 g/mol. The highest BCUT2D eigenvalue weighted by Gasteiger charge is 2.14. The molecule has 6 heteroatoms. The number of ether oxygens (including phenoxy) is 3. The van der Waals surface area contributed by atoms with Crippen molar-refractivity contribution in [2.24, 2.45) is 5.73 Å². The summed E-state index contributed by atoms with van der Waals surface area (Å²) < 4.78 is 16.2. The van der Waals surface area contributed by atoms with Gasteiger partial charge in [0.05, 0.1) is 20.8 Å². The van der Waals surface area contributed by atoms with E-state index >= 15 is 0 Å². The van der Waals surface area contributed by atoms with Gasteiger partial charge in [-0.05, 0) is 31.5 Å². The maximum absolute atomic E-state index is 11.6. The van der Waals surface area contributed by atoms with Crippen molar-refractivity contribution in [1.82, 2.24) is 5.32 Å². The fraction of sp³-hybridized carbons (Fsp3) is 0.533. The van der Waals surface area contributed by atoms with Crippen LogP contribution in [0.2, 0.25) is 0 Å². The van der Waals surface area contributed by atoms with Crippen LogP contribution in [0.15, 0.2) is 12.1 Å². The lowest BCUT2D eigenvalue weighted by atomic mass is 10.1. The van der Waals surface area contributed by atoms with Crippen LogP contribution in [-0.4, -0.2) is 32.8 Å². The zero-order valence-corrected chi connectivity index (χ0v) is 13.1. The summed E-state index contributed by atoms with van der Waals surface area (Å²) in [4.78, 5) is 11.6. The van der Waals surface area contributed by atoms with Crippen LogP contribution in [0.4, 0.5) is 0 Å². The molecule has 0 saturated heterocycles. The zero-order valence-electron chi connectivity index (χ0n) is 13.1. The minimum atomic E-state index is -0.158. The smallest absolute Gasteiger partial charge is 0.221 e. The van der Waals surface area contributed by atoms with Gasteiger partial charge in [0.25, 0.3) is 0 Å². The molecule has 0 heterocycles. The highest BCUT2D eigenvalue weighted by molar-refractivity contribution is 5.76. The lowest BCUT2D eigenvalue weighted by Gasteiger charge is -2.15. The summed E-state index contributed by atoms with van der Waals surface area (Å²) in [5, 5.41) is 2.81. The molecular weight excluding hydrogens is 272 g/mol. The van der Waals surface area contributed by atoms with Crippen molar-refractivity contribution >= 4 is 5.91 Å². The van der Waals surface area contributed by atoms with Crippen LogP contribution in [0.25, 0.3) is 0 Å². The summed E-state index contributed by atoms with van der Waals surface area (Å²) in [6.45, 7) is 4.57. The maximum atomic E-state index is 11.6. The fourth-order valence-electron chi connectivity index (χ4n) is 1.89. The third-order valence-corrected chi connectivity index (χ3v) is 2.81. The maximum Gasteiger partial charge on any atom is 0.221 e. The van der Waals surface area contributed by atoms with E-state index in [0.717, 1.165) is 5.56 Å². The molecule has 0 aliphatic rings. The molecule has 0 bridgehead atoms. The van der Waals surface area contributed by atoms with Crippen LogP contribution in [0, 0.1) is 0 Å². The Labute approximate surface area is 125 Å². The number of methoxy groups -OCH3 is 2. The SMILES string of the molecule is CCOc1c(OC)cc(CNC(=O)CC(C)N)cc1OC. The van der Waals surface area contributed by atoms with Gasteiger partial charge in [-0.15, -0.1) is 0 Å². The minimum absolute atomic E-state index is 0.0863. The summed E-state index contributed by atoms with van der Waals surface area (Å²) >= 11 is 0. The second-order valence-corrected chi connectivity index (χ2v) is 4.72. The Kier molecular flexibility index (Phi) is 6.81. The van der Waals surface area contributed by atoms with Gasteiger partial charge in [0.1, 0.15) is 0 Å². The Morgan fingerprint density at radius 2 is 1.86 bits per heavy atom. The van der Waals surface area contributed by atoms with Crippen molar-refractivity contribution in [3.05, 3.63) is 17.7 Å². The van der Waals surface area contributed by atoms with Crippen molar-refractivity contribution in [2.45, 2.75) is 32.9 Å². The molecule has 1 aromatic rings. The Morgan fingerprint density at radius 3 is 2.29 bits per heavy atom. The molecule has 1 rings (SSSR count). The van der Waals surface area contributed by atoms with Gasteiger partial charge >= 0.3 is 0 Å². The molecule has 0 aromatic heterocycles. The molecule has 1 aromatic carbocycles. The number of carbonyl (C=O) groups is 1. The monoisotopic (exact) mass is 296 g/mol. The van der Waals surface area contributed by atoms with Crippen molar-refractivity contribution < 1.29 is 19.0 Å². The standard InChI is InChI=1S/C15H24N2O4/c1-5-21-15-12(19-3)7-11(8-13(15)20-4)9-17-14(18)6-10(2)16/h7-8,10H,5-6,9,16H2,1-4H3,(H,17,18). The highest BCUT2D eigenvalue weighted by Crippen LogP contribution is 2.38. The van der Waals surface area contributed by atoms with Crippen LogP contribution in [0.1, 0.15) is 25.8 Å². The molecule has 0 aliphatic heterocycles. The molecule has 21 heavy (non-hydrogen) atoms. The topological polar surface area (TPSA) is 82.8 Å². The number of rotatable bonds is 8. The van der Waals surface area contributed by atoms with Crippen LogP contribution < -0.4 is 25.3 Å². The predicted molar refractivity (Wildman–Crippen MR) is 80.8 cm³/mol. The van der Waals surface area contributed by atoms with Crippen molar-refractivity contribution in [1.29, 1.82) is 0 Å². The second kappa shape index (κ2) is 8.36. The molecule has 0 fully saturated rings. The van der Waals surface area contributed by atoms with Gasteiger partial charge < -0.3 is 25.3 Å². The molecule has 118 valence electrons. The Morgan fingerprint density at radius 1 is 1.29 bits per heavy atom. The highest BCUT2D eigenvalue weighted by atomic mass is 16.5. The van der Waals surface area contributed by atoms with E-state index in [4.69, 9.17) is 19.9 Å². The summed E-state index contributed by atoms with van der Waals surface area (Å²) in [6.07, 6.45) is 0.297. The van der Waals surface area contributed by atoms with Crippen molar-refractivity contribution in [3.8, 4) is 17.2 Å². The molecule has 0 aliphatic carbocycles. The van der Waals surface area contributed by atoms with E-state index in [1.54, 1.807) is 21.1 Å². The molecule has 1 amide bonds. The lowest BCUT2D eigenvalue weighted by molar-refractivity contribution is -0.121. The summed E-state index contributed by atoms with van der Waals surface area (Å²) in [5.41, 5.74) is 6.46. The van der Waals surface area contributed by atoms with E-state index in [9.17, 15) is 4.79 Å². The molecule has 3 N–H and O–H groups in total. The van der Waals surface area contributed by atoms with Gasteiger partial charge in [-0.3, -0.25) is 4.79 Å². The fourth-order valence-corrected chi connectivity index (χ4v) is 1.89. The van der Waals surface area contributed by atoms with E-state index in [2.05, 4.69) is 5.32 Å². The van der Waals surface area contributed by atoms with Gasteiger partial charge in [-0.2, -0.15) is 0 Å². The predicted octanol–water partition coefficient (Wildman–Crippen LogP) is 1.46. The van der Waals surface area contributed by atoms with E-state index < -0.39 is 0 Å². The zero-order chi connectivity index (χ0) is 15.8. The van der Waals surface area contributed by atoms with Crippen LogP contribution in [-0.2, 0) is 11.3 Å². The van der Waals surface area contributed by atoms with E-state index in [1.165, 1.54) is 0 Å². The molecule has 0 radical (unpaired) electrons. The molecule has 6 nitrogen and oxygen atoms in total. The summed E-state index contributed by atoms with van der Waals surface area (Å²) in [5.74, 6) is 1.63. The van der Waals surface area contributed by atoms with Crippen LogP contribution in [0.5, 0.6) is 17.2 Å². The van der Waals surface area contributed by atoms with Gasteiger partial charge in [-0.25, -0.2) is 0 Å². The first-order valence-electron chi connectivity index (χ1n) is 6.91. The largest absolute Gasteiger partial charge is 0.493 e. The van der Waals surface area contributed by atoms with Gasteiger partial charge in [0, 0.05) is 19.0 Å². The number of hydrogen-bond acceptors (Lipinski definition) is 5. The molecule has 1 atom stereocenters. The molecule has 1 unspecified atom stereocenters. The normalized spacial score (nSPS) is 11.7. The number of nitrogens with one attached hydrogen (secondary N) is 1. The number of amides is 1. The number of nitrogens with two attached hydrogens (primary N) is 1. The third-order valence-electron chi connectivity index (χ3n) is 2.81. The van der Waals surface area contributed by atoms with E-state index in [-0.39, 0.29) is 11.9 Å². The van der Waals surface area contributed by atoms with Gasteiger partial charge in [0.2, 0.25) is 11.7 Å². The molecule has 0 spiro atoms. The molecule has 0 saturated carbocycles. The van der Waals surface area contributed by atoms with Gasteiger partial charge in [0.15, 0.2) is 11.5 Å². The Balaban J connectivity index is 2.86. The van der Waals surface area contributed by atoms with Crippen LogP contribution in [0.3, 0.4) is 0 Å². The second-order valence-electron chi connectivity index (χ2n) is 4.72. The number of carbonyl (C=O) groups excluding carboxylic acids is 1. The van der Waals surface area contributed by atoms with Crippen molar-refractivity contribution in [2.75, 3.05) is 20.8 Å². The number of hydrogen-bond donors (Lipinski definition) is 2. The third kappa shape index (κ3) is 5.15. The minimum Gasteiger partial charge on any atom is -0.493 e. The summed E-state index contributed by atoms with van der Waals surface area (Å²) in [6, 6.07) is 3.48. The first-order valence-corrected chi connectivity index (χ1v) is 6.91. The number of benzene rings is 1. The first kappa shape index (κ1) is 17.1. The Bertz CT molecular complexity index is 450.